The molecule has 14 heavy (non-hydrogen) atoms. The largest absolute Gasteiger partial charge is 0.392 e. The average Bonchev–Trinajstić information content (AvgIpc) is 2.13. The Labute approximate surface area is 85.0 Å². The molecule has 3 aliphatic carbocycles. The third kappa shape index (κ3) is 1.63. The van der Waals surface area contributed by atoms with Gasteiger partial charge in [0.05, 0.1) is 6.10 Å². The molecule has 0 aromatic carbocycles. The van der Waals surface area contributed by atoms with Crippen molar-refractivity contribution < 1.29 is 9.90 Å². The highest BCUT2D eigenvalue weighted by molar-refractivity contribution is 5.83. The molecular formula is C12H18O2. The van der Waals surface area contributed by atoms with Crippen molar-refractivity contribution in [2.45, 2.75) is 38.2 Å². The van der Waals surface area contributed by atoms with E-state index in [-0.39, 0.29) is 12.0 Å². The summed E-state index contributed by atoms with van der Waals surface area (Å²) in [6, 6.07) is 0. The first-order valence-corrected chi connectivity index (χ1v) is 5.54. The molecule has 0 aromatic heterocycles. The molecule has 0 heterocycles. The normalized spacial score (nSPS) is 41.4. The summed E-state index contributed by atoms with van der Waals surface area (Å²) >= 11 is 0. The van der Waals surface area contributed by atoms with Gasteiger partial charge in [-0.2, -0.15) is 0 Å². The second-order valence-electron chi connectivity index (χ2n) is 4.73. The van der Waals surface area contributed by atoms with E-state index in [0.29, 0.717) is 24.0 Å². The Kier molecular flexibility index (Phi) is 2.73. The lowest BCUT2D eigenvalue weighted by molar-refractivity contribution is -0.142. The lowest BCUT2D eigenvalue weighted by Gasteiger charge is -2.44. The van der Waals surface area contributed by atoms with Crippen LogP contribution in [-0.2, 0) is 4.79 Å². The summed E-state index contributed by atoms with van der Waals surface area (Å²) < 4.78 is 0. The van der Waals surface area contributed by atoms with Crippen LogP contribution in [0.2, 0.25) is 0 Å². The summed E-state index contributed by atoms with van der Waals surface area (Å²) in [4.78, 5) is 11.7. The van der Waals surface area contributed by atoms with Crippen molar-refractivity contribution in [2.75, 3.05) is 0 Å². The van der Waals surface area contributed by atoms with Crippen molar-refractivity contribution in [1.82, 2.24) is 0 Å². The van der Waals surface area contributed by atoms with Crippen LogP contribution >= 0.6 is 0 Å². The molecule has 4 atom stereocenters. The molecule has 2 nitrogen and oxygen atoms in total. The van der Waals surface area contributed by atoms with Crippen molar-refractivity contribution in [3.8, 4) is 0 Å². The summed E-state index contributed by atoms with van der Waals surface area (Å²) in [5.41, 5.74) is 0. The fourth-order valence-electron chi connectivity index (χ4n) is 3.17. The minimum atomic E-state index is -0.357. The molecule has 3 saturated carbocycles. The molecule has 2 heteroatoms. The fourth-order valence-corrected chi connectivity index (χ4v) is 3.17. The van der Waals surface area contributed by atoms with Gasteiger partial charge in [0.25, 0.3) is 0 Å². The van der Waals surface area contributed by atoms with E-state index in [1.54, 1.807) is 0 Å². The van der Waals surface area contributed by atoms with Gasteiger partial charge in [-0.25, -0.2) is 0 Å². The fraction of sp³-hybridized carbons (Fsp3) is 0.750. The van der Waals surface area contributed by atoms with Gasteiger partial charge in [-0.3, -0.25) is 4.79 Å². The number of aliphatic hydroxyl groups is 1. The van der Waals surface area contributed by atoms with Gasteiger partial charge in [0.15, 0.2) is 0 Å². The topological polar surface area (TPSA) is 37.3 Å². The van der Waals surface area contributed by atoms with Gasteiger partial charge < -0.3 is 5.11 Å². The molecule has 3 fully saturated rings. The molecule has 0 spiro atoms. The second-order valence-corrected chi connectivity index (χ2v) is 4.73. The molecule has 0 saturated heterocycles. The van der Waals surface area contributed by atoms with Gasteiger partial charge in [0, 0.05) is 12.3 Å². The first-order chi connectivity index (χ1) is 6.72. The van der Waals surface area contributed by atoms with Crippen LogP contribution in [0.5, 0.6) is 0 Å². The van der Waals surface area contributed by atoms with Gasteiger partial charge >= 0.3 is 0 Å². The second kappa shape index (κ2) is 3.85. The molecule has 2 bridgehead atoms. The maximum atomic E-state index is 11.7. The Balaban J connectivity index is 2.05. The molecule has 0 aromatic rings. The Bertz CT molecular complexity index is 247. The Morgan fingerprint density at radius 1 is 1.50 bits per heavy atom. The predicted molar refractivity (Wildman–Crippen MR) is 54.8 cm³/mol. The van der Waals surface area contributed by atoms with E-state index in [2.05, 4.69) is 6.58 Å². The molecule has 3 rings (SSSR count). The molecule has 1 N–H and O–H groups in total. The van der Waals surface area contributed by atoms with Gasteiger partial charge in [0.2, 0.25) is 0 Å². The highest BCUT2D eigenvalue weighted by atomic mass is 16.3. The van der Waals surface area contributed by atoms with E-state index >= 15 is 0 Å². The number of aliphatic hydroxyl groups excluding tert-OH is 1. The quantitative estimate of drug-likeness (QED) is 0.697. The average molecular weight is 194 g/mol. The van der Waals surface area contributed by atoms with Gasteiger partial charge in [0.1, 0.15) is 5.78 Å². The molecule has 0 unspecified atom stereocenters. The summed E-state index contributed by atoms with van der Waals surface area (Å²) in [5.74, 6) is 1.12. The van der Waals surface area contributed by atoms with Gasteiger partial charge in [-0.05, 0) is 37.5 Å². The minimum Gasteiger partial charge on any atom is -0.392 e. The lowest BCUT2D eigenvalue weighted by Crippen LogP contribution is -2.47. The Morgan fingerprint density at radius 2 is 2.29 bits per heavy atom. The molecule has 0 amide bonds. The number of hydrogen-bond donors (Lipinski definition) is 1. The van der Waals surface area contributed by atoms with Crippen molar-refractivity contribution >= 4 is 5.78 Å². The monoisotopic (exact) mass is 194 g/mol. The lowest BCUT2D eigenvalue weighted by atomic mass is 9.61. The molecular weight excluding hydrogens is 176 g/mol. The SMILES string of the molecule is C=CCC[C@@H]1C[C@@H]2CC(=O)[C@H]1[C@@H](O)C2. The first-order valence-electron chi connectivity index (χ1n) is 5.54. The summed E-state index contributed by atoms with van der Waals surface area (Å²) in [7, 11) is 0. The predicted octanol–water partition coefficient (Wildman–Crippen LogP) is 1.93. The van der Waals surface area contributed by atoms with Crippen molar-refractivity contribution in [2.24, 2.45) is 17.8 Å². The van der Waals surface area contributed by atoms with E-state index in [1.807, 2.05) is 6.08 Å². The number of rotatable bonds is 3. The summed E-state index contributed by atoms with van der Waals surface area (Å²) in [6.45, 7) is 3.70. The van der Waals surface area contributed by atoms with Crippen molar-refractivity contribution in [3.63, 3.8) is 0 Å². The number of ketones is 1. The highest BCUT2D eigenvalue weighted by Crippen LogP contribution is 2.44. The summed E-state index contributed by atoms with van der Waals surface area (Å²) in [5, 5.41) is 9.79. The third-order valence-electron chi connectivity index (χ3n) is 3.74. The maximum Gasteiger partial charge on any atom is 0.139 e. The van der Waals surface area contributed by atoms with Crippen LogP contribution in [0, 0.1) is 17.8 Å². The zero-order valence-corrected chi connectivity index (χ0v) is 8.48. The van der Waals surface area contributed by atoms with Crippen LogP contribution < -0.4 is 0 Å². The maximum absolute atomic E-state index is 11.7. The van der Waals surface area contributed by atoms with E-state index in [9.17, 15) is 9.90 Å². The van der Waals surface area contributed by atoms with Crippen molar-refractivity contribution in [3.05, 3.63) is 12.7 Å². The summed E-state index contributed by atoms with van der Waals surface area (Å²) in [6.07, 6.45) is 6.24. The number of fused-ring (bicyclic) bond motifs is 3. The van der Waals surface area contributed by atoms with Gasteiger partial charge in [-0.1, -0.05) is 6.08 Å². The van der Waals surface area contributed by atoms with E-state index in [0.717, 1.165) is 25.7 Å². The van der Waals surface area contributed by atoms with Crippen LogP contribution in [-0.4, -0.2) is 17.0 Å². The smallest absolute Gasteiger partial charge is 0.139 e. The molecule has 78 valence electrons. The van der Waals surface area contributed by atoms with Crippen molar-refractivity contribution in [1.29, 1.82) is 0 Å². The zero-order chi connectivity index (χ0) is 10.1. The standard InChI is InChI=1S/C12H18O2/c1-2-3-4-9-5-8-6-10(13)12(9)11(14)7-8/h2,8-10,12-13H,1,3-7H2/t8-,9+,10-,12+/m0/s1. The number of carbonyl (C=O) groups excluding carboxylic acids is 1. The Morgan fingerprint density at radius 3 is 2.86 bits per heavy atom. The van der Waals surface area contributed by atoms with Crippen LogP contribution in [0.4, 0.5) is 0 Å². The number of Topliss-reactive ketones (excluding diaryl/α,β-unsaturated/α-hetero) is 1. The van der Waals surface area contributed by atoms with Gasteiger partial charge in [-0.15, -0.1) is 6.58 Å². The number of hydrogen-bond acceptors (Lipinski definition) is 2. The molecule has 3 aliphatic rings. The molecule has 0 aliphatic heterocycles. The van der Waals surface area contributed by atoms with Crippen LogP contribution in [0.3, 0.4) is 0 Å². The van der Waals surface area contributed by atoms with Crippen LogP contribution in [0.1, 0.15) is 32.1 Å². The van der Waals surface area contributed by atoms with E-state index < -0.39 is 0 Å². The number of allylic oxidation sites excluding steroid dienone is 1. The number of carbonyl (C=O) groups is 1. The zero-order valence-electron chi connectivity index (χ0n) is 8.48. The Hall–Kier alpha value is -0.630. The molecule has 0 radical (unpaired) electrons. The third-order valence-corrected chi connectivity index (χ3v) is 3.74. The highest BCUT2D eigenvalue weighted by Gasteiger charge is 2.46. The van der Waals surface area contributed by atoms with E-state index in [4.69, 9.17) is 0 Å². The van der Waals surface area contributed by atoms with Crippen LogP contribution in [0.25, 0.3) is 0 Å². The van der Waals surface area contributed by atoms with Crippen LogP contribution in [0.15, 0.2) is 12.7 Å². The first kappa shape index (κ1) is 9.91. The minimum absolute atomic E-state index is 0.0556. The van der Waals surface area contributed by atoms with E-state index in [1.165, 1.54) is 0 Å².